The molecule has 0 fully saturated rings. The average molecular weight is 235 g/mol. The first-order chi connectivity index (χ1) is 6.83. The predicted octanol–water partition coefficient (Wildman–Crippen LogP) is 1.60. The van der Waals surface area contributed by atoms with Crippen LogP contribution in [-0.4, -0.2) is 20.3 Å². The van der Waals surface area contributed by atoms with Gasteiger partial charge in [0.1, 0.15) is 11.8 Å². The summed E-state index contributed by atoms with van der Waals surface area (Å²) in [6.07, 6.45) is 0. The Bertz CT molecular complexity index is 387. The van der Waals surface area contributed by atoms with Crippen molar-refractivity contribution in [3.05, 3.63) is 11.8 Å². The van der Waals surface area contributed by atoms with Crippen LogP contribution in [0, 0.1) is 0 Å². The highest BCUT2D eigenvalue weighted by Crippen LogP contribution is 2.13. The minimum atomic E-state index is 0.146. The van der Waals surface area contributed by atoms with Gasteiger partial charge in [-0.05, 0) is 0 Å². The summed E-state index contributed by atoms with van der Waals surface area (Å²) >= 11 is 11.0. The van der Waals surface area contributed by atoms with E-state index in [0.717, 1.165) is 0 Å². The van der Waals surface area contributed by atoms with E-state index in [1.54, 1.807) is 0 Å². The van der Waals surface area contributed by atoms with E-state index < -0.39 is 0 Å². The molecule has 2 rings (SSSR count). The first-order valence-corrected chi connectivity index (χ1v) is 4.68. The zero-order valence-corrected chi connectivity index (χ0v) is 8.29. The van der Waals surface area contributed by atoms with Crippen LogP contribution in [0.5, 0.6) is 0 Å². The van der Waals surface area contributed by atoms with Crippen molar-refractivity contribution in [2.75, 3.05) is 0 Å². The molecule has 0 unspecified atom stereocenters. The highest BCUT2D eigenvalue weighted by atomic mass is 35.5. The second kappa shape index (κ2) is 3.93. The summed E-state index contributed by atoms with van der Waals surface area (Å²) in [4.78, 5) is 7.82. The number of rotatable bonds is 3. The quantitative estimate of drug-likeness (QED) is 0.751. The van der Waals surface area contributed by atoms with Crippen molar-refractivity contribution >= 4 is 23.2 Å². The van der Waals surface area contributed by atoms with Crippen molar-refractivity contribution in [1.82, 2.24) is 20.3 Å². The first-order valence-electron chi connectivity index (χ1n) is 3.61. The Morgan fingerprint density at radius 2 is 1.29 bits per heavy atom. The molecule has 0 aliphatic rings. The summed E-state index contributed by atoms with van der Waals surface area (Å²) in [5.74, 6) is 1.37. The zero-order valence-electron chi connectivity index (χ0n) is 6.78. The van der Waals surface area contributed by atoms with E-state index in [9.17, 15) is 0 Å². The Balaban J connectivity index is 2.29. The Labute approximate surface area is 88.2 Å². The maximum Gasteiger partial charge on any atom is 0.243 e. The summed E-state index contributed by atoms with van der Waals surface area (Å²) < 4.78 is 9.53. The monoisotopic (exact) mass is 234 g/mol. The van der Waals surface area contributed by atoms with Crippen LogP contribution in [0.3, 0.4) is 0 Å². The van der Waals surface area contributed by atoms with Crippen molar-refractivity contribution in [2.45, 2.75) is 11.8 Å². The fourth-order valence-corrected chi connectivity index (χ4v) is 1.02. The molecular weight excluding hydrogens is 231 g/mol. The van der Waals surface area contributed by atoms with Crippen LogP contribution in [-0.2, 0) is 11.8 Å². The van der Waals surface area contributed by atoms with Crippen LogP contribution in [0.4, 0.5) is 0 Å². The normalized spacial score (nSPS) is 10.7. The third-order valence-electron chi connectivity index (χ3n) is 1.36. The van der Waals surface area contributed by atoms with Gasteiger partial charge in [-0.3, -0.25) is 0 Å². The third-order valence-corrected chi connectivity index (χ3v) is 1.82. The fourth-order valence-electron chi connectivity index (χ4n) is 0.800. The molecule has 0 saturated heterocycles. The SMILES string of the molecule is ClCc1nc(-c2noc(CCl)n2)no1. The third kappa shape index (κ3) is 1.71. The summed E-state index contributed by atoms with van der Waals surface area (Å²) in [5, 5.41) is 7.21. The molecule has 2 aromatic heterocycles. The number of hydrogen-bond acceptors (Lipinski definition) is 6. The van der Waals surface area contributed by atoms with E-state index in [0.29, 0.717) is 11.8 Å². The molecule has 0 atom stereocenters. The Morgan fingerprint density at radius 3 is 1.57 bits per heavy atom. The molecule has 2 heterocycles. The highest BCUT2D eigenvalue weighted by Gasteiger charge is 2.14. The molecule has 14 heavy (non-hydrogen) atoms. The van der Waals surface area contributed by atoms with E-state index in [4.69, 9.17) is 32.2 Å². The van der Waals surface area contributed by atoms with Crippen LogP contribution in [0.2, 0.25) is 0 Å². The minimum absolute atomic E-state index is 0.146. The molecule has 6 nitrogen and oxygen atoms in total. The summed E-state index contributed by atoms with van der Waals surface area (Å²) in [7, 11) is 0. The maximum atomic E-state index is 5.48. The van der Waals surface area contributed by atoms with Crippen LogP contribution in [0.15, 0.2) is 9.05 Å². The van der Waals surface area contributed by atoms with Crippen LogP contribution in [0.1, 0.15) is 11.8 Å². The zero-order chi connectivity index (χ0) is 9.97. The molecule has 2 aromatic rings. The van der Waals surface area contributed by atoms with E-state index in [1.165, 1.54) is 0 Å². The summed E-state index contributed by atoms with van der Waals surface area (Å²) in [5.41, 5.74) is 0. The van der Waals surface area contributed by atoms with Crippen LogP contribution in [0.25, 0.3) is 11.6 Å². The second-order valence-corrected chi connectivity index (χ2v) is 2.83. The van der Waals surface area contributed by atoms with Crippen molar-refractivity contribution in [3.8, 4) is 11.6 Å². The lowest BCUT2D eigenvalue weighted by atomic mass is 10.6. The molecular formula is C6H4Cl2N4O2. The first kappa shape index (κ1) is 9.42. The van der Waals surface area contributed by atoms with Gasteiger partial charge in [0.15, 0.2) is 0 Å². The van der Waals surface area contributed by atoms with Gasteiger partial charge < -0.3 is 9.05 Å². The molecule has 0 aliphatic heterocycles. The van der Waals surface area contributed by atoms with E-state index in [-0.39, 0.29) is 23.4 Å². The number of halogens is 2. The standard InChI is InChI=1S/C6H4Cl2N4O2/c7-1-3-9-5(11-13-3)6-10-4(2-8)14-12-6/h1-2H2. The minimum Gasteiger partial charge on any atom is -0.338 e. The molecule has 0 radical (unpaired) electrons. The lowest BCUT2D eigenvalue weighted by molar-refractivity contribution is 0.384. The number of aromatic nitrogens is 4. The molecule has 0 saturated carbocycles. The molecule has 0 N–H and O–H groups in total. The van der Waals surface area contributed by atoms with Gasteiger partial charge in [0.05, 0.1) is 0 Å². The van der Waals surface area contributed by atoms with Crippen LogP contribution < -0.4 is 0 Å². The number of alkyl halides is 2. The summed E-state index contributed by atoms with van der Waals surface area (Å²) in [6, 6.07) is 0. The van der Waals surface area contributed by atoms with Crippen LogP contribution >= 0.6 is 23.2 Å². The smallest absolute Gasteiger partial charge is 0.243 e. The fraction of sp³-hybridized carbons (Fsp3) is 0.333. The summed E-state index contributed by atoms with van der Waals surface area (Å²) in [6.45, 7) is 0. The second-order valence-electron chi connectivity index (χ2n) is 2.29. The van der Waals surface area contributed by atoms with Crippen molar-refractivity contribution in [3.63, 3.8) is 0 Å². The van der Waals surface area contributed by atoms with Gasteiger partial charge in [-0.2, -0.15) is 9.97 Å². The molecule has 0 bridgehead atoms. The van der Waals surface area contributed by atoms with Gasteiger partial charge in [-0.15, -0.1) is 23.2 Å². The predicted molar refractivity (Wildman–Crippen MR) is 46.7 cm³/mol. The number of hydrogen-bond donors (Lipinski definition) is 0. The molecule has 0 amide bonds. The van der Waals surface area contributed by atoms with E-state index >= 15 is 0 Å². The molecule has 74 valence electrons. The van der Waals surface area contributed by atoms with Gasteiger partial charge in [0, 0.05) is 0 Å². The van der Waals surface area contributed by atoms with Gasteiger partial charge in [0.25, 0.3) is 0 Å². The lowest BCUT2D eigenvalue weighted by Crippen LogP contribution is -1.84. The van der Waals surface area contributed by atoms with Gasteiger partial charge in [0.2, 0.25) is 23.4 Å². The molecule has 0 aromatic carbocycles. The Kier molecular flexibility index (Phi) is 2.64. The topological polar surface area (TPSA) is 77.8 Å². The number of nitrogens with zero attached hydrogens (tertiary/aromatic N) is 4. The van der Waals surface area contributed by atoms with Gasteiger partial charge in [-0.1, -0.05) is 10.3 Å². The largest absolute Gasteiger partial charge is 0.338 e. The van der Waals surface area contributed by atoms with Crippen molar-refractivity contribution in [2.24, 2.45) is 0 Å². The van der Waals surface area contributed by atoms with Crippen molar-refractivity contribution < 1.29 is 9.05 Å². The molecule has 0 aliphatic carbocycles. The average Bonchev–Trinajstić information content (AvgIpc) is 2.86. The molecule has 0 spiro atoms. The van der Waals surface area contributed by atoms with Crippen molar-refractivity contribution in [1.29, 1.82) is 0 Å². The lowest BCUT2D eigenvalue weighted by Gasteiger charge is -1.78. The molecule has 8 heteroatoms. The van der Waals surface area contributed by atoms with Gasteiger partial charge >= 0.3 is 0 Å². The van der Waals surface area contributed by atoms with E-state index in [2.05, 4.69) is 20.3 Å². The van der Waals surface area contributed by atoms with Gasteiger partial charge in [-0.25, -0.2) is 0 Å². The Hall–Kier alpha value is -1.14. The Morgan fingerprint density at radius 1 is 0.857 bits per heavy atom. The highest BCUT2D eigenvalue weighted by molar-refractivity contribution is 6.16. The van der Waals surface area contributed by atoms with E-state index in [1.807, 2.05) is 0 Å². The maximum absolute atomic E-state index is 5.48.